The monoisotopic (exact) mass is 197 g/mol. The Morgan fingerprint density at radius 2 is 2.07 bits per heavy atom. The number of carbonyl (C=O) groups excluding carboxylic acids is 1. The molecule has 0 amide bonds. The van der Waals surface area contributed by atoms with Crippen LogP contribution in [0.3, 0.4) is 0 Å². The summed E-state index contributed by atoms with van der Waals surface area (Å²) < 4.78 is 5.19. The fourth-order valence-corrected chi connectivity index (χ4v) is 1.28. The lowest BCUT2D eigenvalue weighted by Gasteiger charge is -2.32. The van der Waals surface area contributed by atoms with Crippen LogP contribution < -0.4 is 0 Å². The molecule has 1 aliphatic heterocycles. The molecule has 0 aromatic heterocycles. The van der Waals surface area contributed by atoms with Crippen molar-refractivity contribution >= 4 is 11.9 Å². The van der Waals surface area contributed by atoms with Gasteiger partial charge in [-0.25, -0.2) is 4.99 Å². The van der Waals surface area contributed by atoms with Gasteiger partial charge in [-0.05, 0) is 20.3 Å². The van der Waals surface area contributed by atoms with Crippen LogP contribution in [0.2, 0.25) is 0 Å². The molecular weight excluding hydrogens is 178 g/mol. The molecule has 14 heavy (non-hydrogen) atoms. The van der Waals surface area contributed by atoms with Crippen molar-refractivity contribution in [2.75, 3.05) is 0 Å². The highest BCUT2D eigenvalue weighted by Crippen LogP contribution is 2.30. The van der Waals surface area contributed by atoms with E-state index < -0.39 is 0 Å². The summed E-state index contributed by atoms with van der Waals surface area (Å²) in [5.74, 6) is 0.419. The summed E-state index contributed by atoms with van der Waals surface area (Å²) in [4.78, 5) is 15.8. The van der Waals surface area contributed by atoms with Crippen molar-refractivity contribution in [1.29, 1.82) is 0 Å². The minimum absolute atomic E-state index is 0.145. The molecule has 0 radical (unpaired) electrons. The second-order valence-electron chi connectivity index (χ2n) is 5.12. The summed E-state index contributed by atoms with van der Waals surface area (Å²) in [7, 11) is 0. The van der Waals surface area contributed by atoms with E-state index in [2.05, 4.69) is 11.9 Å². The number of hydrogen-bond donors (Lipinski definition) is 0. The number of ether oxygens (including phenoxy) is 1. The zero-order chi connectivity index (χ0) is 11.0. The molecule has 0 aromatic carbocycles. The average molecular weight is 197 g/mol. The highest BCUT2D eigenvalue weighted by Gasteiger charge is 2.35. The lowest BCUT2D eigenvalue weighted by molar-refractivity contribution is -0.138. The first-order chi connectivity index (χ1) is 6.27. The highest BCUT2D eigenvalue weighted by atomic mass is 16.5. The second kappa shape index (κ2) is 3.37. The molecular formula is C11H19NO2. The van der Waals surface area contributed by atoms with E-state index in [-0.39, 0.29) is 16.9 Å². The number of aliphatic imine (C=N–C) groups is 1. The van der Waals surface area contributed by atoms with Crippen LogP contribution >= 0.6 is 0 Å². The third-order valence-corrected chi connectivity index (χ3v) is 2.65. The maximum absolute atomic E-state index is 11.3. The van der Waals surface area contributed by atoms with E-state index in [1.54, 1.807) is 0 Å². The van der Waals surface area contributed by atoms with Gasteiger partial charge in [0.2, 0.25) is 0 Å². The minimum atomic E-state index is -0.308. The van der Waals surface area contributed by atoms with Gasteiger partial charge in [0.25, 0.3) is 0 Å². The van der Waals surface area contributed by atoms with E-state index in [1.807, 2.05) is 27.7 Å². The van der Waals surface area contributed by atoms with Crippen molar-refractivity contribution in [3.8, 4) is 0 Å². The van der Waals surface area contributed by atoms with E-state index in [0.717, 1.165) is 6.42 Å². The average Bonchev–Trinajstić information content (AvgIpc) is 2.00. The lowest BCUT2D eigenvalue weighted by Crippen LogP contribution is -2.38. The predicted octanol–water partition coefficient (Wildman–Crippen LogP) is 2.55. The summed E-state index contributed by atoms with van der Waals surface area (Å²) in [6.07, 6.45) is 1.28. The molecule has 0 N–H and O–H groups in total. The van der Waals surface area contributed by atoms with Crippen molar-refractivity contribution in [1.82, 2.24) is 0 Å². The van der Waals surface area contributed by atoms with E-state index in [9.17, 15) is 4.79 Å². The molecule has 80 valence electrons. The van der Waals surface area contributed by atoms with Crippen LogP contribution in [0, 0.1) is 5.41 Å². The molecule has 0 fully saturated rings. The van der Waals surface area contributed by atoms with Crippen LogP contribution in [0.15, 0.2) is 4.99 Å². The van der Waals surface area contributed by atoms with Gasteiger partial charge in [0.1, 0.15) is 0 Å². The van der Waals surface area contributed by atoms with Gasteiger partial charge in [0, 0.05) is 5.41 Å². The van der Waals surface area contributed by atoms with Gasteiger partial charge >= 0.3 is 5.97 Å². The minimum Gasteiger partial charge on any atom is -0.411 e. The summed E-state index contributed by atoms with van der Waals surface area (Å²) in [5.41, 5.74) is -0.454. The molecule has 0 unspecified atom stereocenters. The maximum Gasteiger partial charge on any atom is 0.314 e. The van der Waals surface area contributed by atoms with Crippen LogP contribution in [0.25, 0.3) is 0 Å². The van der Waals surface area contributed by atoms with Gasteiger partial charge in [-0.15, -0.1) is 0 Å². The first kappa shape index (κ1) is 11.2. The van der Waals surface area contributed by atoms with Gasteiger partial charge in [0.15, 0.2) is 5.90 Å². The van der Waals surface area contributed by atoms with Gasteiger partial charge in [-0.3, -0.25) is 4.79 Å². The lowest BCUT2D eigenvalue weighted by atomic mass is 9.88. The zero-order valence-corrected chi connectivity index (χ0v) is 9.68. The molecule has 1 heterocycles. The molecule has 0 aliphatic carbocycles. The standard InChI is InChI=1S/C11H19NO2/c1-6-10(2,3)9-12-11(4,5)7-8(13)14-9/h6-7H2,1-5H3. The summed E-state index contributed by atoms with van der Waals surface area (Å²) in [6, 6.07) is 0. The third kappa shape index (κ3) is 2.34. The zero-order valence-electron chi connectivity index (χ0n) is 9.68. The van der Waals surface area contributed by atoms with Crippen LogP contribution in [0.4, 0.5) is 0 Å². The topological polar surface area (TPSA) is 38.7 Å². The third-order valence-electron chi connectivity index (χ3n) is 2.65. The molecule has 3 nitrogen and oxygen atoms in total. The Balaban J connectivity index is 2.99. The van der Waals surface area contributed by atoms with Crippen molar-refractivity contribution in [2.24, 2.45) is 10.4 Å². The fraction of sp³-hybridized carbons (Fsp3) is 0.818. The largest absolute Gasteiger partial charge is 0.411 e. The molecule has 0 atom stereocenters. The second-order valence-corrected chi connectivity index (χ2v) is 5.12. The summed E-state index contributed by atoms with van der Waals surface area (Å²) in [6.45, 7) is 10.1. The molecule has 0 aromatic rings. The Morgan fingerprint density at radius 3 is 2.50 bits per heavy atom. The smallest absolute Gasteiger partial charge is 0.314 e. The van der Waals surface area contributed by atoms with Crippen LogP contribution in [0.5, 0.6) is 0 Å². The molecule has 0 spiro atoms. The Kier molecular flexibility index (Phi) is 2.70. The van der Waals surface area contributed by atoms with Crippen molar-refractivity contribution < 1.29 is 9.53 Å². The predicted molar refractivity (Wildman–Crippen MR) is 56.3 cm³/mol. The maximum atomic E-state index is 11.3. The molecule has 1 aliphatic rings. The molecule has 0 saturated carbocycles. The Bertz CT molecular complexity index is 277. The van der Waals surface area contributed by atoms with E-state index >= 15 is 0 Å². The number of hydrogen-bond acceptors (Lipinski definition) is 3. The van der Waals surface area contributed by atoms with Gasteiger partial charge in [-0.2, -0.15) is 0 Å². The van der Waals surface area contributed by atoms with E-state index in [4.69, 9.17) is 4.74 Å². The van der Waals surface area contributed by atoms with E-state index in [1.165, 1.54) is 0 Å². The van der Waals surface area contributed by atoms with Crippen molar-refractivity contribution in [3.05, 3.63) is 0 Å². The van der Waals surface area contributed by atoms with Gasteiger partial charge in [-0.1, -0.05) is 20.8 Å². The Labute approximate surface area is 85.6 Å². The van der Waals surface area contributed by atoms with Gasteiger partial charge < -0.3 is 4.74 Å². The van der Waals surface area contributed by atoms with Crippen molar-refractivity contribution in [2.45, 2.75) is 53.0 Å². The number of rotatable bonds is 2. The molecule has 0 bridgehead atoms. The number of cyclic esters (lactones) is 1. The summed E-state index contributed by atoms with van der Waals surface area (Å²) in [5, 5.41) is 0. The molecule has 0 saturated heterocycles. The molecule has 3 heteroatoms. The van der Waals surface area contributed by atoms with Crippen LogP contribution in [-0.2, 0) is 9.53 Å². The Morgan fingerprint density at radius 1 is 1.50 bits per heavy atom. The Hall–Kier alpha value is -0.860. The number of nitrogens with zero attached hydrogens (tertiary/aromatic N) is 1. The fourth-order valence-electron chi connectivity index (χ4n) is 1.28. The normalized spacial score (nSPS) is 21.5. The van der Waals surface area contributed by atoms with Crippen LogP contribution in [0.1, 0.15) is 47.5 Å². The number of esters is 1. The highest BCUT2D eigenvalue weighted by molar-refractivity contribution is 5.94. The SMILES string of the molecule is CCC(C)(C)C1=NC(C)(C)CC(=O)O1. The quantitative estimate of drug-likeness (QED) is 0.638. The first-order valence-corrected chi connectivity index (χ1v) is 5.08. The van der Waals surface area contributed by atoms with Crippen molar-refractivity contribution in [3.63, 3.8) is 0 Å². The first-order valence-electron chi connectivity index (χ1n) is 5.08. The van der Waals surface area contributed by atoms with Gasteiger partial charge in [0.05, 0.1) is 12.0 Å². The molecule has 1 rings (SSSR count). The van der Waals surface area contributed by atoms with Crippen LogP contribution in [-0.4, -0.2) is 17.4 Å². The van der Waals surface area contributed by atoms with E-state index in [0.29, 0.717) is 12.3 Å². The summed E-state index contributed by atoms with van der Waals surface area (Å²) >= 11 is 0. The number of carbonyl (C=O) groups is 1.